The van der Waals surface area contributed by atoms with E-state index < -0.39 is 41.5 Å². The van der Waals surface area contributed by atoms with Crippen LogP contribution in [-0.2, 0) is 4.74 Å². The van der Waals surface area contributed by atoms with Crippen LogP contribution in [0, 0.1) is 67.5 Å². The molecule has 27 heteroatoms. The molecule has 1 saturated heterocycles. The highest BCUT2D eigenvalue weighted by Crippen LogP contribution is 2.25. The van der Waals surface area contributed by atoms with Gasteiger partial charge < -0.3 is 57.9 Å². The lowest BCUT2D eigenvalue weighted by molar-refractivity contribution is 0.0292. The number of nitrogen functional groups attached to an aromatic ring is 1. The van der Waals surface area contributed by atoms with Gasteiger partial charge in [0.1, 0.15) is 17.2 Å². The summed E-state index contributed by atoms with van der Waals surface area (Å²) in [5, 5.41) is 16.6. The van der Waals surface area contributed by atoms with Gasteiger partial charge in [0, 0.05) is 106 Å². The van der Waals surface area contributed by atoms with E-state index >= 15 is 0 Å². The van der Waals surface area contributed by atoms with Gasteiger partial charge in [0.15, 0.2) is 0 Å². The summed E-state index contributed by atoms with van der Waals surface area (Å²) in [5.74, 6) is -3.93. The number of nitrogens with one attached hydrogen (secondary N) is 6. The Morgan fingerprint density at radius 3 is 1.36 bits per heavy atom. The Labute approximate surface area is 505 Å². The second-order valence-electron chi connectivity index (χ2n) is 23.1. The second kappa shape index (κ2) is 34.4. The first-order valence-corrected chi connectivity index (χ1v) is 27.3. The summed E-state index contributed by atoms with van der Waals surface area (Å²) in [7, 11) is 8.50. The quantitative estimate of drug-likeness (QED) is 0.0274. The van der Waals surface area contributed by atoms with Crippen molar-refractivity contribution in [1.82, 2.24) is 56.1 Å². The van der Waals surface area contributed by atoms with Crippen LogP contribution in [0.5, 0.6) is 0 Å². The Bertz CT molecular complexity index is 3160. The van der Waals surface area contributed by atoms with Crippen LogP contribution in [0.3, 0.4) is 0 Å². The fourth-order valence-corrected chi connectivity index (χ4v) is 7.34. The van der Waals surface area contributed by atoms with E-state index in [0.717, 1.165) is 42.3 Å². The minimum atomic E-state index is -1.40. The van der Waals surface area contributed by atoms with Crippen LogP contribution in [0.25, 0.3) is 0 Å². The molecule has 6 aromatic rings. The summed E-state index contributed by atoms with van der Waals surface area (Å²) in [5.41, 5.74) is 17.5. The smallest absolute Gasteiger partial charge is 0.410 e. The lowest BCUT2D eigenvalue weighted by Crippen LogP contribution is -2.36. The van der Waals surface area contributed by atoms with Gasteiger partial charge >= 0.3 is 18.2 Å². The number of ether oxygens (including phenoxy) is 1. The average Bonchev–Trinajstić information content (AvgIpc) is 3.44. The Morgan fingerprint density at radius 2 is 1.00 bits per heavy atom. The molecule has 0 aliphatic carbocycles. The monoisotopic (exact) mass is 1220 g/mol. The molecule has 0 radical (unpaired) electrons. The van der Waals surface area contributed by atoms with Gasteiger partial charge in [0.05, 0.1) is 0 Å². The molecule has 10 N–H and O–H groups in total. The maximum absolute atomic E-state index is 14.0. The van der Waals surface area contributed by atoms with E-state index in [1.165, 1.54) is 13.1 Å². The number of aromatic nitrogens is 6. The molecule has 3 aromatic carbocycles. The molecule has 1 aliphatic heterocycles. The first kappa shape index (κ1) is 74.4. The van der Waals surface area contributed by atoms with Gasteiger partial charge in [-0.25, -0.2) is 4.79 Å². The number of amides is 4. The van der Waals surface area contributed by atoms with Crippen molar-refractivity contribution in [3.8, 4) is 0 Å². The van der Waals surface area contributed by atoms with E-state index in [1.807, 2.05) is 65.7 Å². The fraction of sp³-hybridized carbons (Fsp3) is 0.433. The topological polar surface area (TPSA) is 286 Å². The zero-order valence-corrected chi connectivity index (χ0v) is 52.6. The minimum absolute atomic E-state index is 0.0212. The van der Waals surface area contributed by atoms with Crippen LogP contribution < -0.4 is 48.3 Å². The predicted molar refractivity (Wildman–Crippen MR) is 327 cm³/mol. The van der Waals surface area contributed by atoms with E-state index in [4.69, 9.17) is 16.2 Å². The molecule has 21 nitrogen and oxygen atoms in total. The van der Waals surface area contributed by atoms with Gasteiger partial charge in [-0.15, -0.1) is 0 Å². The number of nitrogens with two attached hydrogens (primary N) is 2. The molecular weight excluding hydrogens is 1140 g/mol. The van der Waals surface area contributed by atoms with Crippen molar-refractivity contribution >= 4 is 58.5 Å². The molecule has 0 saturated carbocycles. The minimum Gasteiger partial charge on any atom is -0.444 e. The Kier molecular flexibility index (Phi) is 29.4. The van der Waals surface area contributed by atoms with E-state index in [9.17, 15) is 45.5 Å². The number of aryl methyl sites for hydroxylation is 3. The molecular formula is C60H84F6N16O5. The van der Waals surface area contributed by atoms with Crippen LogP contribution in [0.4, 0.5) is 65.8 Å². The number of nitrogens with zero attached hydrogens (tertiary/aromatic N) is 8. The van der Waals surface area contributed by atoms with Gasteiger partial charge in [-0.3, -0.25) is 14.4 Å². The lowest BCUT2D eigenvalue weighted by Gasteiger charge is -2.26. The van der Waals surface area contributed by atoms with Crippen molar-refractivity contribution in [2.75, 3.05) is 82.7 Å². The third kappa shape index (κ3) is 28.8. The van der Waals surface area contributed by atoms with Crippen molar-refractivity contribution in [1.29, 1.82) is 0 Å². The van der Waals surface area contributed by atoms with Gasteiger partial charge in [-0.1, -0.05) is 59.7 Å². The molecule has 87 heavy (non-hydrogen) atoms. The third-order valence-corrected chi connectivity index (χ3v) is 11.4. The number of benzene rings is 3. The van der Waals surface area contributed by atoms with Crippen LogP contribution >= 0.6 is 0 Å². The number of hydrogen-bond donors (Lipinski definition) is 8. The molecule has 0 bridgehead atoms. The highest BCUT2D eigenvalue weighted by atomic mass is 19.2. The molecule has 0 spiro atoms. The normalized spacial score (nSPS) is 12.5. The Hall–Kier alpha value is -8.72. The summed E-state index contributed by atoms with van der Waals surface area (Å²) >= 11 is 0. The van der Waals surface area contributed by atoms with Crippen LogP contribution in [-0.4, -0.2) is 132 Å². The Morgan fingerprint density at radius 1 is 0.586 bits per heavy atom. The molecule has 4 heterocycles. The standard InChI is InChI=1S/C19H26FN5O.C13H12F2N4O.C9H18N2O2.C9H12N2O.C6H15N.C4HF3N2/c1-12-7-8-13(17(26)21-5)9-14(12)22-16-10-15(20)23-18(24-16)25(6)11-19(2,3)4;1-7-3-4-8(12(20)16-2)5-9(7)17-11-6-10(14)18-13(15)19-11;1-9(2,3)13-8(12)11-5-4-7(10)6-11;1-6-3-4-7(5-8(6)10)9(12)11-2;1-6(2,3)5-7-4;5-2-1-3(6)9-4(7)8-2/h7-10H,11H2,1-6H3,(H,21,26)(H,22,23,24);3-6H,1-2H3,(H,16,20)(H,17,18,19);7H,4-6,10H2,1-3H3;3-5H,10H2,1-2H3,(H,11,12);7H,5H2,1-4H3;1H. The SMILES string of the molecule is CC(C)(C)OC(=O)N1CCC(N)C1.CNC(=O)c1ccc(C)c(N)c1.CNC(=O)c1ccc(C)c(Nc2cc(F)nc(F)n2)c1.CNC(=O)c1ccc(C)c(Nc2cc(F)nc(N(C)CC(C)(C)C)n2)c1.CNCC(C)(C)C.Fc1cc(F)nc(F)n1. The molecule has 1 unspecified atom stereocenters. The lowest BCUT2D eigenvalue weighted by atomic mass is 9.96. The van der Waals surface area contributed by atoms with E-state index in [0.29, 0.717) is 70.1 Å². The van der Waals surface area contributed by atoms with Crippen LogP contribution in [0.1, 0.15) is 116 Å². The van der Waals surface area contributed by atoms with Gasteiger partial charge in [-0.05, 0) is 125 Å². The van der Waals surface area contributed by atoms with E-state index in [-0.39, 0.29) is 41.1 Å². The maximum Gasteiger partial charge on any atom is 0.410 e. The van der Waals surface area contributed by atoms with Crippen molar-refractivity contribution in [2.24, 2.45) is 16.6 Å². The van der Waals surface area contributed by atoms with Gasteiger partial charge in [0.25, 0.3) is 17.7 Å². The molecule has 1 fully saturated rings. The third-order valence-electron chi connectivity index (χ3n) is 11.4. The number of halogens is 6. The van der Waals surface area contributed by atoms with Crippen molar-refractivity contribution in [3.05, 3.63) is 142 Å². The molecule has 4 amide bonds. The summed E-state index contributed by atoms with van der Waals surface area (Å²) in [6.45, 7) is 27.2. The predicted octanol–water partition coefficient (Wildman–Crippen LogP) is 9.71. The number of hydrogen-bond acceptors (Lipinski definition) is 17. The van der Waals surface area contributed by atoms with Gasteiger partial charge in [-0.2, -0.15) is 56.2 Å². The van der Waals surface area contributed by atoms with Crippen molar-refractivity contribution in [3.63, 3.8) is 0 Å². The maximum atomic E-state index is 14.0. The summed E-state index contributed by atoms with van der Waals surface area (Å²) < 4.78 is 80.5. The number of likely N-dealkylation sites (tertiary alicyclic amines) is 1. The van der Waals surface area contributed by atoms with Crippen molar-refractivity contribution in [2.45, 2.75) is 101 Å². The van der Waals surface area contributed by atoms with Crippen molar-refractivity contribution < 1.29 is 50.3 Å². The molecule has 7 rings (SSSR count). The highest BCUT2D eigenvalue weighted by Gasteiger charge is 2.28. The largest absolute Gasteiger partial charge is 0.444 e. The average molecular weight is 1220 g/mol. The van der Waals surface area contributed by atoms with E-state index in [1.54, 1.807) is 68.4 Å². The molecule has 476 valence electrons. The molecule has 1 atom stereocenters. The van der Waals surface area contributed by atoms with Crippen LogP contribution in [0.15, 0.2) is 72.8 Å². The first-order valence-electron chi connectivity index (χ1n) is 27.3. The number of carbonyl (C=O) groups excluding carboxylic acids is 4. The van der Waals surface area contributed by atoms with Gasteiger partial charge in [0.2, 0.25) is 29.7 Å². The Balaban J connectivity index is 0.000000376. The second-order valence-corrected chi connectivity index (χ2v) is 23.1. The number of anilines is 6. The number of rotatable bonds is 10. The summed E-state index contributed by atoms with van der Waals surface area (Å²) in [6.07, 6.45) is -1.93. The first-order chi connectivity index (χ1) is 40.3. The highest BCUT2D eigenvalue weighted by molar-refractivity contribution is 5.96. The van der Waals surface area contributed by atoms with Crippen LogP contribution in [0.2, 0.25) is 0 Å². The fourth-order valence-electron chi connectivity index (χ4n) is 7.34. The number of carbonyl (C=O) groups is 4. The molecule has 3 aromatic heterocycles. The van der Waals surface area contributed by atoms with E-state index in [2.05, 4.69) is 103 Å². The summed E-state index contributed by atoms with van der Waals surface area (Å²) in [4.78, 5) is 69.2. The zero-order chi connectivity index (χ0) is 66.1. The zero-order valence-electron chi connectivity index (χ0n) is 52.6. The summed E-state index contributed by atoms with van der Waals surface area (Å²) in [6, 6.07) is 18.2. The molecule has 1 aliphatic rings.